The molecule has 1 aliphatic heterocycles. The van der Waals surface area contributed by atoms with Gasteiger partial charge in [-0.1, -0.05) is 6.08 Å². The largest absolute Gasteiger partial charge is 0.444 e. The maximum Gasteiger partial charge on any atom is 0.408 e. The van der Waals surface area contributed by atoms with Crippen LogP contribution in [0.15, 0.2) is 12.2 Å². The third kappa shape index (κ3) is 3.46. The molecule has 1 atom stereocenters. The molecule has 0 unspecified atom stereocenters. The second kappa shape index (κ2) is 4.90. The zero-order valence-electron chi connectivity index (χ0n) is 11.2. The van der Waals surface area contributed by atoms with Gasteiger partial charge in [-0.05, 0) is 33.3 Å². The second-order valence-electron chi connectivity index (χ2n) is 5.66. The minimum Gasteiger partial charge on any atom is -0.444 e. The maximum absolute atomic E-state index is 11.6. The van der Waals surface area contributed by atoms with Crippen LogP contribution in [0.3, 0.4) is 0 Å². The van der Waals surface area contributed by atoms with Crippen molar-refractivity contribution in [2.24, 2.45) is 0 Å². The fourth-order valence-corrected chi connectivity index (χ4v) is 2.09. The molecule has 0 aromatic carbocycles. The molecule has 0 saturated carbocycles. The van der Waals surface area contributed by atoms with Crippen LogP contribution in [0.25, 0.3) is 0 Å². The zero-order chi connectivity index (χ0) is 13.2. The Kier molecular flexibility index (Phi) is 3.64. The first-order chi connectivity index (χ1) is 8.39. The number of hydrogen-bond donors (Lipinski definition) is 1. The molecule has 1 fully saturated rings. The minimum atomic E-state index is -0.549. The third-order valence-corrected chi connectivity index (χ3v) is 2.86. The second-order valence-corrected chi connectivity index (χ2v) is 5.66. The van der Waals surface area contributed by atoms with Gasteiger partial charge in [0.1, 0.15) is 5.60 Å². The van der Waals surface area contributed by atoms with E-state index in [-0.39, 0.29) is 12.1 Å². The van der Waals surface area contributed by atoms with Crippen LogP contribution in [-0.2, 0) is 14.2 Å². The van der Waals surface area contributed by atoms with E-state index in [1.54, 1.807) is 0 Å². The van der Waals surface area contributed by atoms with Crippen molar-refractivity contribution < 1.29 is 19.0 Å². The fraction of sp³-hybridized carbons (Fsp3) is 0.769. The van der Waals surface area contributed by atoms with Crippen molar-refractivity contribution in [2.75, 3.05) is 13.2 Å². The van der Waals surface area contributed by atoms with Crippen LogP contribution >= 0.6 is 0 Å². The van der Waals surface area contributed by atoms with Crippen LogP contribution < -0.4 is 5.32 Å². The van der Waals surface area contributed by atoms with Gasteiger partial charge in [0.05, 0.1) is 19.3 Å². The first kappa shape index (κ1) is 13.4. The number of nitrogens with one attached hydrogen (secondary N) is 1. The molecular formula is C13H21NO4. The number of carbonyl (C=O) groups is 1. The Morgan fingerprint density at radius 3 is 2.56 bits per heavy atom. The highest BCUT2D eigenvalue weighted by atomic mass is 16.7. The first-order valence-electron chi connectivity index (χ1n) is 6.35. The molecule has 1 spiro atoms. The Hall–Kier alpha value is -1.07. The number of rotatable bonds is 1. The average Bonchev–Trinajstić information content (AvgIpc) is 2.68. The van der Waals surface area contributed by atoms with Crippen molar-refractivity contribution in [3.05, 3.63) is 12.2 Å². The normalized spacial score (nSPS) is 26.3. The lowest BCUT2D eigenvalue weighted by Gasteiger charge is -2.30. The summed E-state index contributed by atoms with van der Waals surface area (Å²) in [4.78, 5) is 11.6. The fourth-order valence-electron chi connectivity index (χ4n) is 2.09. The van der Waals surface area contributed by atoms with Gasteiger partial charge >= 0.3 is 6.09 Å². The number of amides is 1. The summed E-state index contributed by atoms with van der Waals surface area (Å²) in [5.41, 5.74) is -0.471. The standard InChI is InChI=1S/C13H21NO4/c1-12(2,3)18-11(15)14-10-4-6-13(7-5-10)16-8-9-17-13/h4,6,10H,5,7-9H2,1-3H3,(H,14,15)/t10-/m0/s1. The molecule has 1 amide bonds. The minimum absolute atomic E-state index is 0.0155. The Labute approximate surface area is 107 Å². The Morgan fingerprint density at radius 1 is 1.39 bits per heavy atom. The molecule has 0 aromatic rings. The van der Waals surface area contributed by atoms with Gasteiger partial charge in [0, 0.05) is 6.42 Å². The molecule has 1 aliphatic carbocycles. The summed E-state index contributed by atoms with van der Waals surface area (Å²) in [6, 6.07) is -0.0155. The van der Waals surface area contributed by atoms with Crippen LogP contribution in [0.2, 0.25) is 0 Å². The highest BCUT2D eigenvalue weighted by Gasteiger charge is 2.37. The van der Waals surface area contributed by atoms with Crippen LogP contribution in [0, 0.1) is 0 Å². The van der Waals surface area contributed by atoms with E-state index in [0.717, 1.165) is 12.8 Å². The van der Waals surface area contributed by atoms with Crippen molar-refractivity contribution >= 4 is 6.09 Å². The highest BCUT2D eigenvalue weighted by Crippen LogP contribution is 2.30. The van der Waals surface area contributed by atoms with E-state index in [2.05, 4.69) is 5.32 Å². The van der Waals surface area contributed by atoms with Crippen LogP contribution in [0.5, 0.6) is 0 Å². The summed E-state index contributed by atoms with van der Waals surface area (Å²) in [5, 5.41) is 2.82. The summed E-state index contributed by atoms with van der Waals surface area (Å²) in [6.45, 7) is 6.80. The van der Waals surface area contributed by atoms with Gasteiger partial charge in [0.2, 0.25) is 0 Å². The number of ether oxygens (including phenoxy) is 3. The summed E-state index contributed by atoms with van der Waals surface area (Å²) in [7, 11) is 0. The van der Waals surface area contributed by atoms with Crippen molar-refractivity contribution in [1.82, 2.24) is 5.32 Å². The highest BCUT2D eigenvalue weighted by molar-refractivity contribution is 5.68. The van der Waals surface area contributed by atoms with Gasteiger partial charge in [0.15, 0.2) is 5.79 Å². The molecule has 1 saturated heterocycles. The average molecular weight is 255 g/mol. The Bertz CT molecular complexity index is 339. The molecular weight excluding hydrogens is 234 g/mol. The molecule has 1 heterocycles. The molecule has 2 rings (SSSR count). The van der Waals surface area contributed by atoms with E-state index in [0.29, 0.717) is 13.2 Å². The quantitative estimate of drug-likeness (QED) is 0.728. The van der Waals surface area contributed by atoms with Crippen molar-refractivity contribution in [2.45, 2.75) is 51.0 Å². The van der Waals surface area contributed by atoms with E-state index in [1.807, 2.05) is 32.9 Å². The van der Waals surface area contributed by atoms with Gasteiger partial charge in [-0.2, -0.15) is 0 Å². The van der Waals surface area contributed by atoms with E-state index in [9.17, 15) is 4.79 Å². The third-order valence-electron chi connectivity index (χ3n) is 2.86. The topological polar surface area (TPSA) is 56.8 Å². The van der Waals surface area contributed by atoms with Crippen molar-refractivity contribution in [3.8, 4) is 0 Å². The number of alkyl carbamates (subject to hydrolysis) is 1. The van der Waals surface area contributed by atoms with Gasteiger partial charge in [-0.25, -0.2) is 4.79 Å². The molecule has 5 nitrogen and oxygen atoms in total. The monoisotopic (exact) mass is 255 g/mol. The maximum atomic E-state index is 11.6. The van der Waals surface area contributed by atoms with E-state index in [1.165, 1.54) is 0 Å². The lowest BCUT2D eigenvalue weighted by Crippen LogP contribution is -2.42. The molecule has 2 aliphatic rings. The summed E-state index contributed by atoms with van der Waals surface area (Å²) >= 11 is 0. The number of carbonyl (C=O) groups excluding carboxylic acids is 1. The van der Waals surface area contributed by atoms with E-state index >= 15 is 0 Å². The van der Waals surface area contributed by atoms with Crippen LogP contribution in [-0.4, -0.2) is 36.7 Å². The first-order valence-corrected chi connectivity index (χ1v) is 6.35. The predicted octanol–water partition coefficient (Wildman–Crippen LogP) is 1.97. The Balaban J connectivity index is 1.84. The molecule has 1 N–H and O–H groups in total. The van der Waals surface area contributed by atoms with E-state index in [4.69, 9.17) is 14.2 Å². The van der Waals surface area contributed by atoms with Crippen molar-refractivity contribution in [1.29, 1.82) is 0 Å². The van der Waals surface area contributed by atoms with E-state index < -0.39 is 11.4 Å². The lowest BCUT2D eigenvalue weighted by molar-refractivity contribution is -0.126. The van der Waals surface area contributed by atoms with Crippen LogP contribution in [0.4, 0.5) is 4.79 Å². The molecule has 0 aromatic heterocycles. The number of hydrogen-bond acceptors (Lipinski definition) is 4. The SMILES string of the molecule is CC(C)(C)OC(=O)N[C@H]1C=CC2(CC1)OCCO2. The molecule has 0 bridgehead atoms. The molecule has 0 radical (unpaired) electrons. The predicted molar refractivity (Wildman–Crippen MR) is 66.2 cm³/mol. The molecule has 5 heteroatoms. The van der Waals surface area contributed by atoms with Gasteiger partial charge in [0.25, 0.3) is 0 Å². The molecule has 102 valence electrons. The molecule has 18 heavy (non-hydrogen) atoms. The lowest BCUT2D eigenvalue weighted by atomic mass is 9.97. The summed E-state index contributed by atoms with van der Waals surface area (Å²) in [5.74, 6) is -0.549. The van der Waals surface area contributed by atoms with Gasteiger partial charge in [-0.3, -0.25) is 0 Å². The smallest absolute Gasteiger partial charge is 0.408 e. The van der Waals surface area contributed by atoms with Crippen LogP contribution in [0.1, 0.15) is 33.6 Å². The van der Waals surface area contributed by atoms with Gasteiger partial charge < -0.3 is 19.5 Å². The Morgan fingerprint density at radius 2 is 2.06 bits per heavy atom. The van der Waals surface area contributed by atoms with Gasteiger partial charge in [-0.15, -0.1) is 0 Å². The summed E-state index contributed by atoms with van der Waals surface area (Å²) < 4.78 is 16.3. The summed E-state index contributed by atoms with van der Waals surface area (Å²) in [6.07, 6.45) is 4.96. The zero-order valence-corrected chi connectivity index (χ0v) is 11.2. The van der Waals surface area contributed by atoms with Crippen molar-refractivity contribution in [3.63, 3.8) is 0 Å².